The molecule has 0 aliphatic carbocycles. The predicted molar refractivity (Wildman–Crippen MR) is 88.5 cm³/mol. The molecule has 22 heavy (non-hydrogen) atoms. The molecule has 0 bridgehead atoms. The Kier molecular flexibility index (Phi) is 6.93. The maximum absolute atomic E-state index is 12.1. The fourth-order valence-electron chi connectivity index (χ4n) is 1.73. The molecule has 0 saturated heterocycles. The Bertz CT molecular complexity index is 547. The second-order valence-electron chi connectivity index (χ2n) is 5.67. The zero-order chi connectivity index (χ0) is 16.6. The Hall–Kier alpha value is -2.00. The molecule has 1 atom stereocenters. The lowest BCUT2D eigenvalue weighted by molar-refractivity contribution is -0.120. The third-order valence-corrected chi connectivity index (χ3v) is 3.99. The molecule has 1 aromatic rings. The molecule has 118 valence electrons. The highest BCUT2D eigenvalue weighted by Crippen LogP contribution is 2.28. The zero-order valence-electron chi connectivity index (χ0n) is 13.1. The van der Waals surface area contributed by atoms with Gasteiger partial charge < -0.3 is 10.6 Å². The molecular formula is C16H21N3O2S. The third-order valence-electron chi connectivity index (χ3n) is 2.61. The standard InChI is InChI=1S/C16H21N3O2S/c1-16(2,3)22-13(15(21)18-10-9-17)11-19-14(20)12-7-5-4-6-8-12/h4-8,13H,10-11H2,1-3H3,(H,18,21)(H,19,20). The van der Waals surface area contributed by atoms with Crippen molar-refractivity contribution in [2.75, 3.05) is 13.1 Å². The third kappa shape index (κ3) is 6.64. The summed E-state index contributed by atoms with van der Waals surface area (Å²) in [6, 6.07) is 10.7. The minimum atomic E-state index is -0.444. The number of rotatable bonds is 6. The van der Waals surface area contributed by atoms with Crippen LogP contribution in [0.1, 0.15) is 31.1 Å². The highest BCUT2D eigenvalue weighted by molar-refractivity contribution is 8.01. The summed E-state index contributed by atoms with van der Waals surface area (Å²) in [6.07, 6.45) is 0. The van der Waals surface area contributed by atoms with E-state index in [-0.39, 0.29) is 29.7 Å². The SMILES string of the molecule is CC(C)(C)SC(CNC(=O)c1ccccc1)C(=O)NCC#N. The average molecular weight is 319 g/mol. The number of nitrogens with one attached hydrogen (secondary N) is 2. The van der Waals surface area contributed by atoms with Crippen LogP contribution in [-0.4, -0.2) is 34.9 Å². The predicted octanol–water partition coefficient (Wildman–Crippen LogP) is 1.96. The van der Waals surface area contributed by atoms with Gasteiger partial charge in [0.25, 0.3) is 5.91 Å². The van der Waals surface area contributed by atoms with Gasteiger partial charge in [0, 0.05) is 16.9 Å². The van der Waals surface area contributed by atoms with Gasteiger partial charge in [-0.2, -0.15) is 5.26 Å². The molecule has 0 saturated carbocycles. The summed E-state index contributed by atoms with van der Waals surface area (Å²) in [4.78, 5) is 24.1. The number of thioether (sulfide) groups is 1. The number of nitriles is 1. The van der Waals surface area contributed by atoms with Crippen LogP contribution in [0.3, 0.4) is 0 Å². The van der Waals surface area contributed by atoms with E-state index in [1.54, 1.807) is 24.3 Å². The second-order valence-corrected chi connectivity index (χ2v) is 7.70. The van der Waals surface area contributed by atoms with E-state index in [1.807, 2.05) is 32.9 Å². The highest BCUT2D eigenvalue weighted by atomic mass is 32.2. The van der Waals surface area contributed by atoms with Gasteiger partial charge in [-0.1, -0.05) is 39.0 Å². The van der Waals surface area contributed by atoms with E-state index in [4.69, 9.17) is 5.26 Å². The van der Waals surface area contributed by atoms with Crippen molar-refractivity contribution in [2.45, 2.75) is 30.8 Å². The second kappa shape index (κ2) is 8.44. The Labute approximate surface area is 135 Å². The molecule has 0 spiro atoms. The lowest BCUT2D eigenvalue weighted by Gasteiger charge is -2.25. The normalized spacial score (nSPS) is 12.1. The number of benzene rings is 1. The van der Waals surface area contributed by atoms with Crippen LogP contribution in [0, 0.1) is 11.3 Å². The van der Waals surface area contributed by atoms with E-state index in [0.29, 0.717) is 5.56 Å². The van der Waals surface area contributed by atoms with E-state index >= 15 is 0 Å². The van der Waals surface area contributed by atoms with Gasteiger partial charge in [0.1, 0.15) is 11.8 Å². The van der Waals surface area contributed by atoms with Gasteiger partial charge in [-0.05, 0) is 12.1 Å². The molecule has 2 amide bonds. The van der Waals surface area contributed by atoms with Crippen LogP contribution in [-0.2, 0) is 4.79 Å². The van der Waals surface area contributed by atoms with Crippen LogP contribution in [0.25, 0.3) is 0 Å². The van der Waals surface area contributed by atoms with Gasteiger partial charge in [0.05, 0.1) is 6.07 Å². The van der Waals surface area contributed by atoms with Crippen molar-refractivity contribution in [3.63, 3.8) is 0 Å². The molecule has 0 aliphatic heterocycles. The topological polar surface area (TPSA) is 82.0 Å². The quantitative estimate of drug-likeness (QED) is 0.785. The molecule has 1 rings (SSSR count). The van der Waals surface area contributed by atoms with E-state index in [9.17, 15) is 9.59 Å². The summed E-state index contributed by atoms with van der Waals surface area (Å²) in [6.45, 7) is 6.18. The fraction of sp³-hybridized carbons (Fsp3) is 0.438. The molecule has 0 fully saturated rings. The van der Waals surface area contributed by atoms with Crippen LogP contribution < -0.4 is 10.6 Å². The first kappa shape index (κ1) is 18.1. The first-order chi connectivity index (χ1) is 10.3. The van der Waals surface area contributed by atoms with Crippen molar-refractivity contribution in [3.8, 4) is 6.07 Å². The molecule has 0 heterocycles. The summed E-state index contributed by atoms with van der Waals surface area (Å²) in [5.74, 6) is -0.456. The Balaban J connectivity index is 2.66. The largest absolute Gasteiger partial charge is 0.350 e. The van der Waals surface area contributed by atoms with Crippen LogP contribution in [0.2, 0.25) is 0 Å². The molecule has 1 unspecified atom stereocenters. The van der Waals surface area contributed by atoms with E-state index in [1.165, 1.54) is 11.8 Å². The summed E-state index contributed by atoms with van der Waals surface area (Å²) < 4.78 is -0.133. The summed E-state index contributed by atoms with van der Waals surface area (Å²) in [7, 11) is 0. The van der Waals surface area contributed by atoms with Crippen molar-refractivity contribution in [1.29, 1.82) is 5.26 Å². The van der Waals surface area contributed by atoms with Crippen molar-refractivity contribution in [1.82, 2.24) is 10.6 Å². The van der Waals surface area contributed by atoms with Gasteiger partial charge in [-0.15, -0.1) is 11.8 Å². The summed E-state index contributed by atoms with van der Waals surface area (Å²) >= 11 is 1.46. The minimum Gasteiger partial charge on any atom is -0.350 e. The van der Waals surface area contributed by atoms with Gasteiger partial charge >= 0.3 is 0 Å². The molecule has 1 aromatic carbocycles. The lowest BCUT2D eigenvalue weighted by Crippen LogP contribution is -2.42. The molecule has 0 radical (unpaired) electrons. The smallest absolute Gasteiger partial charge is 0.251 e. The van der Waals surface area contributed by atoms with Crippen LogP contribution >= 0.6 is 11.8 Å². The number of amides is 2. The van der Waals surface area contributed by atoms with Crippen molar-refractivity contribution in [2.24, 2.45) is 0 Å². The number of nitrogens with zero attached hydrogens (tertiary/aromatic N) is 1. The fourth-order valence-corrected chi connectivity index (χ4v) is 2.94. The Morgan fingerprint density at radius 1 is 1.23 bits per heavy atom. The Morgan fingerprint density at radius 3 is 2.41 bits per heavy atom. The van der Waals surface area contributed by atoms with E-state index in [2.05, 4.69) is 10.6 Å². The van der Waals surface area contributed by atoms with Gasteiger partial charge in [-0.25, -0.2) is 0 Å². The highest BCUT2D eigenvalue weighted by Gasteiger charge is 2.26. The van der Waals surface area contributed by atoms with Crippen molar-refractivity contribution in [3.05, 3.63) is 35.9 Å². The monoisotopic (exact) mass is 319 g/mol. The van der Waals surface area contributed by atoms with Gasteiger partial charge in [0.2, 0.25) is 5.91 Å². The molecule has 0 aromatic heterocycles. The Morgan fingerprint density at radius 2 is 1.86 bits per heavy atom. The minimum absolute atomic E-state index is 0.0351. The first-order valence-corrected chi connectivity index (χ1v) is 7.87. The van der Waals surface area contributed by atoms with E-state index < -0.39 is 5.25 Å². The maximum Gasteiger partial charge on any atom is 0.251 e. The molecule has 0 aliphatic rings. The van der Waals surface area contributed by atoms with Crippen LogP contribution in [0.15, 0.2) is 30.3 Å². The van der Waals surface area contributed by atoms with Gasteiger partial charge in [0.15, 0.2) is 0 Å². The summed E-state index contributed by atoms with van der Waals surface area (Å²) in [5.41, 5.74) is 0.555. The first-order valence-electron chi connectivity index (χ1n) is 6.99. The van der Waals surface area contributed by atoms with Crippen LogP contribution in [0.5, 0.6) is 0 Å². The maximum atomic E-state index is 12.1. The molecular weight excluding hydrogens is 298 g/mol. The summed E-state index contributed by atoms with van der Waals surface area (Å²) in [5, 5.41) is 13.4. The molecule has 2 N–H and O–H groups in total. The van der Waals surface area contributed by atoms with Gasteiger partial charge in [-0.3, -0.25) is 9.59 Å². The number of carbonyl (C=O) groups excluding carboxylic acids is 2. The number of carbonyl (C=O) groups is 2. The molecule has 5 nitrogen and oxygen atoms in total. The van der Waals surface area contributed by atoms with Crippen molar-refractivity contribution >= 4 is 23.6 Å². The average Bonchev–Trinajstić information content (AvgIpc) is 2.48. The number of hydrogen-bond acceptors (Lipinski definition) is 4. The van der Waals surface area contributed by atoms with Crippen LogP contribution in [0.4, 0.5) is 0 Å². The lowest BCUT2D eigenvalue weighted by atomic mass is 10.2. The zero-order valence-corrected chi connectivity index (χ0v) is 13.9. The number of hydrogen-bond donors (Lipinski definition) is 2. The van der Waals surface area contributed by atoms with Crippen molar-refractivity contribution < 1.29 is 9.59 Å². The van der Waals surface area contributed by atoms with E-state index in [0.717, 1.165) is 0 Å². The molecule has 6 heteroatoms.